The Morgan fingerprint density at radius 3 is 1.29 bits per heavy atom. The molecule has 0 amide bonds. The minimum absolute atomic E-state index is 0.00919. The van der Waals surface area contributed by atoms with Crippen molar-refractivity contribution in [1.82, 2.24) is 0 Å². The molecule has 0 saturated carbocycles. The third kappa shape index (κ3) is 5.97. The summed E-state index contributed by atoms with van der Waals surface area (Å²) in [6, 6.07) is 5.91. The van der Waals surface area contributed by atoms with E-state index in [2.05, 4.69) is 27.7 Å². The van der Waals surface area contributed by atoms with Crippen LogP contribution in [0.3, 0.4) is 0 Å². The summed E-state index contributed by atoms with van der Waals surface area (Å²) in [5.41, 5.74) is -0.650. The van der Waals surface area contributed by atoms with Crippen LogP contribution in [0.2, 0.25) is 0 Å². The van der Waals surface area contributed by atoms with Crippen LogP contribution in [0, 0.1) is 11.8 Å². The minimum Gasteiger partial charge on any atom is -0.506 e. The molecule has 12 heteroatoms. The molecule has 0 aliphatic carbocycles. The van der Waals surface area contributed by atoms with Gasteiger partial charge in [-0.15, -0.1) is 0 Å². The highest BCUT2D eigenvalue weighted by atomic mass is 16.6. The van der Waals surface area contributed by atoms with Gasteiger partial charge in [0, 0.05) is 11.1 Å². The summed E-state index contributed by atoms with van der Waals surface area (Å²) < 4.78 is 22.5. The van der Waals surface area contributed by atoms with Gasteiger partial charge in [0.15, 0.2) is 0 Å². The largest absolute Gasteiger partial charge is 0.506 e. The first kappa shape index (κ1) is 36.8. The van der Waals surface area contributed by atoms with E-state index in [0.29, 0.717) is 37.5 Å². The quantitative estimate of drug-likeness (QED) is 0.0850. The van der Waals surface area contributed by atoms with Gasteiger partial charge in [0.05, 0.1) is 36.1 Å². The molecule has 2 heterocycles. The summed E-state index contributed by atoms with van der Waals surface area (Å²) in [5.74, 6) is -3.51. The summed E-state index contributed by atoms with van der Waals surface area (Å²) in [6.07, 6.45) is -0.0113. The van der Waals surface area contributed by atoms with Gasteiger partial charge in [0.25, 0.3) is 0 Å². The van der Waals surface area contributed by atoms with Gasteiger partial charge >= 0.3 is 11.9 Å². The summed E-state index contributed by atoms with van der Waals surface area (Å²) in [4.78, 5) is 26.5. The molecule has 12 nitrogen and oxygen atoms in total. The minimum atomic E-state index is -1.24. The predicted octanol–water partition coefficient (Wildman–Crippen LogP) is 7.30. The number of benzene rings is 4. The monoisotopic (exact) mass is 718 g/mol. The first-order chi connectivity index (χ1) is 24.8. The molecule has 2 aliphatic heterocycles. The van der Waals surface area contributed by atoms with Crippen LogP contribution in [-0.4, -0.2) is 69.0 Å². The Balaban J connectivity index is 1.52. The van der Waals surface area contributed by atoms with Crippen LogP contribution in [0.5, 0.6) is 34.5 Å². The number of aromatic hydroxyl groups is 4. The van der Waals surface area contributed by atoms with Crippen LogP contribution in [0.15, 0.2) is 24.3 Å². The fraction of sp³-hybridized carbons (Fsp3) is 0.450. The lowest BCUT2D eigenvalue weighted by molar-refractivity contribution is -0.0346. The summed E-state index contributed by atoms with van der Waals surface area (Å²) in [7, 11) is 2.65. The number of cyclic esters (lactones) is 2. The average molecular weight is 719 g/mol. The molecule has 6 rings (SSSR count). The molecule has 0 radical (unpaired) electrons. The van der Waals surface area contributed by atoms with Crippen molar-refractivity contribution >= 4 is 33.5 Å². The first-order valence-electron chi connectivity index (χ1n) is 17.7. The average Bonchev–Trinajstić information content (AvgIpc) is 3.12. The number of carbonyl (C=O) groups is 2. The second kappa shape index (κ2) is 14.2. The van der Waals surface area contributed by atoms with Crippen LogP contribution in [-0.2, 0) is 9.47 Å². The Kier molecular flexibility index (Phi) is 10.1. The van der Waals surface area contributed by atoms with Gasteiger partial charge < -0.3 is 49.6 Å². The standard InChI is InChI=1S/C40H46O12/c1-7-17(3)9-11-23-33(41)21-13-19-15-25(49-5)31(37(45)27(19)35(43)29(21)39(47)51-23)32-26(50-6)16-20-14-22-30(36(44)28(20)38(32)46)40(48)52-24(34(22)42)12-10-18(4)8-2/h13-18,23-24,33-34,41-46H,7-12H2,1-6H3. The van der Waals surface area contributed by atoms with Gasteiger partial charge in [-0.2, -0.15) is 0 Å². The van der Waals surface area contributed by atoms with Gasteiger partial charge in [-0.1, -0.05) is 40.5 Å². The van der Waals surface area contributed by atoms with Crippen molar-refractivity contribution < 1.29 is 59.2 Å². The molecule has 6 unspecified atom stereocenters. The van der Waals surface area contributed by atoms with E-state index in [1.165, 1.54) is 38.5 Å². The molecule has 2 aliphatic rings. The van der Waals surface area contributed by atoms with Crippen LogP contribution >= 0.6 is 0 Å². The van der Waals surface area contributed by atoms with Crippen LogP contribution in [0.4, 0.5) is 0 Å². The Morgan fingerprint density at radius 1 is 0.615 bits per heavy atom. The van der Waals surface area contributed by atoms with Crippen molar-refractivity contribution in [2.75, 3.05) is 14.2 Å². The zero-order valence-corrected chi connectivity index (χ0v) is 30.1. The lowest BCUT2D eigenvalue weighted by Crippen LogP contribution is -2.32. The Hall–Kier alpha value is -4.94. The number of rotatable bonds is 11. The van der Waals surface area contributed by atoms with Gasteiger partial charge in [-0.25, -0.2) is 9.59 Å². The molecule has 0 spiro atoms. The second-order valence-corrected chi connectivity index (χ2v) is 14.1. The highest BCUT2D eigenvalue weighted by Crippen LogP contribution is 2.56. The molecule has 6 atom stereocenters. The maximum atomic E-state index is 13.3. The third-order valence-electron chi connectivity index (χ3n) is 11.0. The van der Waals surface area contributed by atoms with E-state index in [0.717, 1.165) is 12.8 Å². The number of phenolic OH excluding ortho intramolecular Hbond substituents is 4. The Bertz CT molecular complexity index is 1920. The molecule has 0 aromatic heterocycles. The van der Waals surface area contributed by atoms with Crippen molar-refractivity contribution in [3.05, 3.63) is 46.5 Å². The summed E-state index contributed by atoms with van der Waals surface area (Å²) in [5, 5.41) is 69.4. The smallest absolute Gasteiger partial charge is 0.342 e. The van der Waals surface area contributed by atoms with E-state index >= 15 is 0 Å². The van der Waals surface area contributed by atoms with Crippen molar-refractivity contribution in [3.63, 3.8) is 0 Å². The molecule has 4 aromatic carbocycles. The number of esters is 2. The SMILES string of the molecule is CCC(C)CCC1OC(=O)c2c(cc3cc(OC)c(-c4c(OC)cc5cc6c(c(O)c5c4O)C(=O)OC(CCC(C)CC)C6O)c(O)c3c2O)C1O. The van der Waals surface area contributed by atoms with Gasteiger partial charge in [-0.3, -0.25) is 0 Å². The second-order valence-electron chi connectivity index (χ2n) is 14.1. The Morgan fingerprint density at radius 2 is 0.962 bits per heavy atom. The van der Waals surface area contributed by atoms with E-state index in [-0.39, 0.29) is 66.4 Å². The van der Waals surface area contributed by atoms with Crippen molar-refractivity contribution in [2.24, 2.45) is 11.8 Å². The zero-order valence-electron chi connectivity index (χ0n) is 30.1. The normalized spacial score (nSPS) is 20.9. The highest BCUT2D eigenvalue weighted by Gasteiger charge is 2.40. The maximum Gasteiger partial charge on any atom is 0.342 e. The van der Waals surface area contributed by atoms with E-state index < -0.39 is 59.4 Å². The number of aliphatic hydroxyl groups is 2. The number of hydrogen-bond donors (Lipinski definition) is 6. The number of ether oxygens (including phenoxy) is 4. The van der Waals surface area contributed by atoms with Crippen LogP contribution < -0.4 is 9.47 Å². The summed E-state index contributed by atoms with van der Waals surface area (Å²) in [6.45, 7) is 8.24. The Labute approximate surface area is 301 Å². The lowest BCUT2D eigenvalue weighted by atomic mass is 9.86. The first-order valence-corrected chi connectivity index (χ1v) is 17.7. The molecule has 0 fully saturated rings. The van der Waals surface area contributed by atoms with E-state index in [9.17, 15) is 40.2 Å². The summed E-state index contributed by atoms with van der Waals surface area (Å²) >= 11 is 0. The van der Waals surface area contributed by atoms with Crippen molar-refractivity contribution in [2.45, 2.75) is 90.6 Å². The van der Waals surface area contributed by atoms with E-state index in [4.69, 9.17) is 18.9 Å². The van der Waals surface area contributed by atoms with E-state index in [1.54, 1.807) is 0 Å². The highest BCUT2D eigenvalue weighted by molar-refractivity contribution is 6.13. The fourth-order valence-electron chi connectivity index (χ4n) is 7.42. The molecule has 0 saturated heterocycles. The molecule has 6 N–H and O–H groups in total. The number of fused-ring (bicyclic) bond motifs is 4. The number of methoxy groups -OCH3 is 2. The molecule has 52 heavy (non-hydrogen) atoms. The molecular weight excluding hydrogens is 672 g/mol. The fourth-order valence-corrected chi connectivity index (χ4v) is 7.42. The number of phenols is 4. The molecule has 4 aromatic rings. The molecule has 278 valence electrons. The molecule has 0 bridgehead atoms. The van der Waals surface area contributed by atoms with Crippen LogP contribution in [0.25, 0.3) is 32.7 Å². The van der Waals surface area contributed by atoms with Crippen LogP contribution in [0.1, 0.15) is 110 Å². The van der Waals surface area contributed by atoms with Gasteiger partial charge in [-0.05, 0) is 72.6 Å². The maximum absolute atomic E-state index is 13.3. The topological polar surface area (TPSA) is 192 Å². The number of aliphatic hydroxyl groups excluding tert-OH is 2. The van der Waals surface area contributed by atoms with Crippen molar-refractivity contribution in [1.29, 1.82) is 0 Å². The third-order valence-corrected chi connectivity index (χ3v) is 11.0. The van der Waals surface area contributed by atoms with Crippen molar-refractivity contribution in [3.8, 4) is 45.6 Å². The van der Waals surface area contributed by atoms with Gasteiger partial charge in [0.2, 0.25) is 0 Å². The van der Waals surface area contributed by atoms with Gasteiger partial charge in [0.1, 0.15) is 70.0 Å². The molecular formula is C40H46O12. The zero-order chi connectivity index (χ0) is 37.8. The number of hydrogen-bond acceptors (Lipinski definition) is 12. The number of carbonyl (C=O) groups excluding carboxylic acids is 2. The lowest BCUT2D eigenvalue weighted by Gasteiger charge is -2.31. The predicted molar refractivity (Wildman–Crippen MR) is 192 cm³/mol. The van der Waals surface area contributed by atoms with E-state index in [1.807, 2.05) is 0 Å².